The van der Waals surface area contributed by atoms with E-state index in [0.29, 0.717) is 42.9 Å². The molecular formula is C37H46N2O7. The summed E-state index contributed by atoms with van der Waals surface area (Å²) in [5.74, 6) is -0.852. The third-order valence-corrected chi connectivity index (χ3v) is 13.0. The number of ether oxygens (including phenoxy) is 2. The van der Waals surface area contributed by atoms with Crippen LogP contribution in [0.4, 0.5) is 5.69 Å². The van der Waals surface area contributed by atoms with Crippen LogP contribution < -0.4 is 10.1 Å². The van der Waals surface area contributed by atoms with E-state index in [1.54, 1.807) is 19.2 Å². The number of hydrogen-bond acceptors (Lipinski definition) is 8. The van der Waals surface area contributed by atoms with Crippen molar-refractivity contribution in [3.8, 4) is 5.75 Å². The first kappa shape index (κ1) is 31.4. The highest BCUT2D eigenvalue weighted by Gasteiger charge is 2.79. The summed E-state index contributed by atoms with van der Waals surface area (Å²) in [4.78, 5) is 31.2. The molecule has 3 aliphatic heterocycles. The van der Waals surface area contributed by atoms with Crippen molar-refractivity contribution in [2.75, 3.05) is 32.2 Å². The smallest absolute Gasteiger partial charge is 0.318 e. The van der Waals surface area contributed by atoms with Crippen molar-refractivity contribution in [2.45, 2.75) is 70.2 Å². The van der Waals surface area contributed by atoms with Crippen molar-refractivity contribution in [1.82, 2.24) is 4.90 Å². The van der Waals surface area contributed by atoms with Crippen molar-refractivity contribution in [2.24, 2.45) is 34.0 Å². The first-order chi connectivity index (χ1) is 22.0. The van der Waals surface area contributed by atoms with Gasteiger partial charge in [0.25, 0.3) is 5.91 Å². The Labute approximate surface area is 270 Å². The Morgan fingerprint density at radius 2 is 1.85 bits per heavy atom. The lowest BCUT2D eigenvalue weighted by Gasteiger charge is -2.60. The van der Waals surface area contributed by atoms with Gasteiger partial charge in [-0.2, -0.15) is 0 Å². The fraction of sp³-hybridized carbons (Fsp3) is 0.568. The minimum atomic E-state index is -1.60. The van der Waals surface area contributed by atoms with Gasteiger partial charge in [0.2, 0.25) is 0 Å². The van der Waals surface area contributed by atoms with Gasteiger partial charge in [0.05, 0.1) is 19.8 Å². The van der Waals surface area contributed by atoms with Crippen molar-refractivity contribution in [1.29, 1.82) is 0 Å². The van der Waals surface area contributed by atoms with Crippen LogP contribution in [-0.4, -0.2) is 71.2 Å². The number of nitrogens with zero attached hydrogens (tertiary/aromatic N) is 1. The molecule has 0 radical (unpaired) electrons. The Bertz CT molecular complexity index is 1560. The zero-order chi connectivity index (χ0) is 32.6. The Balaban J connectivity index is 1.40. The van der Waals surface area contributed by atoms with Gasteiger partial charge in [0.15, 0.2) is 0 Å². The molecule has 2 saturated carbocycles. The number of esters is 1. The average Bonchev–Trinajstić information content (AvgIpc) is 3.63. The molecule has 3 heterocycles. The fourth-order valence-electron chi connectivity index (χ4n) is 10.8. The number of nitrogens with one attached hydrogen (secondary N) is 1. The van der Waals surface area contributed by atoms with Gasteiger partial charge in [-0.3, -0.25) is 14.5 Å². The van der Waals surface area contributed by atoms with Crippen LogP contribution in [0.1, 0.15) is 57.1 Å². The number of aliphatic hydroxyl groups excluding tert-OH is 3. The maximum atomic E-state index is 14.7. The van der Waals surface area contributed by atoms with Crippen LogP contribution in [0.15, 0.2) is 60.7 Å². The van der Waals surface area contributed by atoms with Crippen molar-refractivity contribution >= 4 is 17.6 Å². The van der Waals surface area contributed by atoms with Gasteiger partial charge in [-0.05, 0) is 79.0 Å². The summed E-state index contributed by atoms with van der Waals surface area (Å²) in [6, 6.07) is 15.3. The van der Waals surface area contributed by atoms with E-state index in [1.807, 2.05) is 43.3 Å². The van der Waals surface area contributed by atoms with Crippen molar-refractivity contribution in [3.05, 3.63) is 71.8 Å². The quantitative estimate of drug-likeness (QED) is 0.279. The van der Waals surface area contributed by atoms with Gasteiger partial charge in [0, 0.05) is 29.8 Å². The van der Waals surface area contributed by atoms with Gasteiger partial charge in [-0.25, -0.2) is 0 Å². The maximum absolute atomic E-state index is 14.7. The highest BCUT2D eigenvalue weighted by molar-refractivity contribution is 6.10. The van der Waals surface area contributed by atoms with Crippen molar-refractivity contribution < 1.29 is 34.4 Å². The number of hydrogen-bond donors (Lipinski definition) is 4. The molecule has 1 unspecified atom stereocenters. The van der Waals surface area contributed by atoms with Crippen LogP contribution in [0.2, 0.25) is 0 Å². The lowest BCUT2D eigenvalue weighted by atomic mass is 9.45. The Morgan fingerprint density at radius 3 is 2.52 bits per heavy atom. The topological polar surface area (TPSA) is 129 Å². The number of methoxy groups -OCH3 is 1. The number of amides is 1. The largest absolute Gasteiger partial charge is 0.497 e. The summed E-state index contributed by atoms with van der Waals surface area (Å²) in [6.45, 7) is 9.24. The molecule has 46 heavy (non-hydrogen) atoms. The number of benzene rings is 2. The molecule has 4 fully saturated rings. The van der Waals surface area contributed by atoms with E-state index in [0.717, 1.165) is 30.4 Å². The highest BCUT2D eigenvalue weighted by atomic mass is 16.6. The van der Waals surface area contributed by atoms with Gasteiger partial charge < -0.3 is 30.1 Å². The summed E-state index contributed by atoms with van der Waals surface area (Å²) in [7, 11) is 1.57. The summed E-state index contributed by atoms with van der Waals surface area (Å²) in [5.41, 5.74) is -0.855. The molecule has 246 valence electrons. The Morgan fingerprint density at radius 1 is 1.09 bits per heavy atom. The van der Waals surface area contributed by atoms with Crippen LogP contribution in [0.25, 0.3) is 0 Å². The lowest BCUT2D eigenvalue weighted by molar-refractivity contribution is -0.166. The molecule has 2 aromatic rings. The molecule has 9 heteroatoms. The first-order valence-electron chi connectivity index (χ1n) is 16.6. The van der Waals surface area contributed by atoms with E-state index < -0.39 is 40.5 Å². The molecule has 5 aliphatic rings. The van der Waals surface area contributed by atoms with E-state index in [-0.39, 0.29) is 36.4 Å². The standard InChI is InChI=1S/C37H46N2O7/c1-22-10-13-29-34(2,15-14-30(41)35(29,3)21-40)26(22)16-24-19-39(18-23-8-6-5-7-9-23)37(36(24)31(42)20-46-33(36)44)27-17-25(45-4)11-12-28(27)38-32(37)43/h5-9,11-12,17,24,26,29-31,40-42H,1,10,13-16,18-21H2,2-4H3,(H,38,43)/t24?,26-,29+,30-,31-,34+,35+,36-,37+/m1/s1. The molecule has 0 bridgehead atoms. The van der Waals surface area contributed by atoms with Crippen LogP contribution in [0.3, 0.4) is 0 Å². The summed E-state index contributed by atoms with van der Waals surface area (Å²) in [5, 5.41) is 36.8. The average molecular weight is 631 g/mol. The second kappa shape index (κ2) is 10.9. The molecule has 2 aromatic carbocycles. The molecule has 4 N–H and O–H groups in total. The zero-order valence-electron chi connectivity index (χ0n) is 27.0. The number of likely N-dealkylation sites (tertiary alicyclic amines) is 1. The number of carbonyl (C=O) groups excluding carboxylic acids is 2. The SMILES string of the molecule is C=C1CC[C@@H]2[C@](C)(CO)[C@H](O)CC[C@@]2(C)[C@@H]1CC1CN(Cc2ccccc2)[C@@]2(C(=O)Nc3ccc(OC)cc32)[C@]12C(=O)OC[C@H]2O. The predicted octanol–water partition coefficient (Wildman–Crippen LogP) is 4.01. The third-order valence-electron chi connectivity index (χ3n) is 13.0. The maximum Gasteiger partial charge on any atom is 0.318 e. The second-order valence-corrected chi connectivity index (χ2v) is 14.9. The second-order valence-electron chi connectivity index (χ2n) is 14.9. The molecule has 9 nitrogen and oxygen atoms in total. The van der Waals surface area contributed by atoms with Gasteiger partial charge in [0.1, 0.15) is 29.4 Å². The zero-order valence-corrected chi connectivity index (χ0v) is 27.0. The predicted molar refractivity (Wildman–Crippen MR) is 172 cm³/mol. The molecule has 2 aliphatic carbocycles. The van der Waals surface area contributed by atoms with Crippen LogP contribution >= 0.6 is 0 Å². The number of carbonyl (C=O) groups is 2. The van der Waals surface area contributed by atoms with Gasteiger partial charge in [-0.1, -0.05) is 56.3 Å². The van der Waals surface area contributed by atoms with Gasteiger partial charge >= 0.3 is 5.97 Å². The molecule has 2 saturated heterocycles. The van der Waals surface area contributed by atoms with E-state index in [9.17, 15) is 24.9 Å². The first-order valence-corrected chi connectivity index (χ1v) is 16.6. The Kier molecular flexibility index (Phi) is 7.44. The molecule has 2 spiro atoms. The highest BCUT2D eigenvalue weighted by Crippen LogP contribution is 2.68. The normalized spacial score (nSPS) is 40.2. The number of rotatable bonds is 6. The minimum absolute atomic E-state index is 0.0382. The third kappa shape index (κ3) is 3.95. The molecule has 7 rings (SSSR count). The van der Waals surface area contributed by atoms with E-state index in [4.69, 9.17) is 9.47 Å². The molecule has 1 amide bonds. The molecular weight excluding hydrogens is 584 g/mol. The molecule has 9 atom stereocenters. The monoisotopic (exact) mass is 630 g/mol. The van der Waals surface area contributed by atoms with Crippen molar-refractivity contribution in [3.63, 3.8) is 0 Å². The lowest BCUT2D eigenvalue weighted by Crippen LogP contribution is -2.63. The van der Waals surface area contributed by atoms with E-state index >= 15 is 0 Å². The number of fused-ring (bicyclic) bond motifs is 4. The number of anilines is 1. The fourth-order valence-corrected chi connectivity index (χ4v) is 10.8. The minimum Gasteiger partial charge on any atom is -0.497 e. The number of aliphatic hydroxyl groups is 3. The Hall–Kier alpha value is -3.24. The summed E-state index contributed by atoms with van der Waals surface area (Å²) in [6.07, 6.45) is 1.56. The number of cyclic esters (lactones) is 1. The van der Waals surface area contributed by atoms with E-state index in [1.165, 1.54) is 0 Å². The summed E-state index contributed by atoms with van der Waals surface area (Å²) < 4.78 is 11.4. The van der Waals surface area contributed by atoms with Crippen LogP contribution in [0.5, 0.6) is 5.75 Å². The van der Waals surface area contributed by atoms with Crippen LogP contribution in [0, 0.1) is 34.0 Å². The molecule has 0 aromatic heterocycles. The van der Waals surface area contributed by atoms with E-state index in [2.05, 4.69) is 23.7 Å². The summed E-state index contributed by atoms with van der Waals surface area (Å²) >= 11 is 0. The van der Waals surface area contributed by atoms with Gasteiger partial charge in [-0.15, -0.1) is 0 Å². The number of allylic oxidation sites excluding steroid dienone is 1. The van der Waals surface area contributed by atoms with Crippen LogP contribution in [-0.2, 0) is 26.4 Å².